The molecule has 1 aliphatic heterocycles. The first-order valence-corrected chi connectivity index (χ1v) is 7.29. The average Bonchev–Trinajstić information content (AvgIpc) is 2.91. The molecule has 7 nitrogen and oxygen atoms in total. The number of aliphatic carboxylic acids is 1. The molecule has 0 saturated carbocycles. The predicted molar refractivity (Wildman–Crippen MR) is 73.4 cm³/mol. The summed E-state index contributed by atoms with van der Waals surface area (Å²) in [5.74, 6) is 0.0886. The molecule has 2 unspecified atom stereocenters. The van der Waals surface area contributed by atoms with E-state index in [4.69, 9.17) is 9.63 Å². The molecule has 0 aliphatic carbocycles. The zero-order valence-corrected chi connectivity index (χ0v) is 12.4. The zero-order valence-electron chi connectivity index (χ0n) is 11.5. The van der Waals surface area contributed by atoms with E-state index in [1.165, 1.54) is 16.7 Å². The number of thioether (sulfide) groups is 1. The number of amides is 2. The van der Waals surface area contributed by atoms with Gasteiger partial charge in [0.2, 0.25) is 0 Å². The lowest BCUT2D eigenvalue weighted by molar-refractivity contribution is -0.141. The van der Waals surface area contributed by atoms with Gasteiger partial charge in [-0.25, -0.2) is 9.59 Å². The Kier molecular flexibility index (Phi) is 4.22. The van der Waals surface area contributed by atoms with Crippen molar-refractivity contribution >= 4 is 23.8 Å². The topological polar surface area (TPSA) is 95.7 Å². The molecule has 2 rings (SSSR count). The van der Waals surface area contributed by atoms with E-state index in [2.05, 4.69) is 10.5 Å². The number of rotatable bonds is 3. The SMILES string of the molecule is Cc1noc(C)c1CNC(=O)N1C(C)SCC1C(=O)O. The van der Waals surface area contributed by atoms with Crippen LogP contribution < -0.4 is 5.32 Å². The van der Waals surface area contributed by atoms with Crippen LogP contribution in [0.2, 0.25) is 0 Å². The second-order valence-electron chi connectivity index (χ2n) is 4.66. The standard InChI is InChI=1S/C12H17N3O4S/c1-6-9(7(2)19-14-6)4-13-12(18)15-8(3)20-5-10(15)11(16)17/h8,10H,4-5H2,1-3H3,(H,13,18)(H,16,17). The third-order valence-electron chi connectivity index (χ3n) is 3.34. The maximum atomic E-state index is 12.2. The van der Waals surface area contributed by atoms with Crippen LogP contribution in [0.1, 0.15) is 23.9 Å². The minimum atomic E-state index is -0.977. The molecule has 2 amide bonds. The third-order valence-corrected chi connectivity index (χ3v) is 4.56. The molecular formula is C12H17N3O4S. The molecule has 0 radical (unpaired) electrons. The Labute approximate surface area is 120 Å². The summed E-state index contributed by atoms with van der Waals surface area (Å²) in [7, 11) is 0. The van der Waals surface area contributed by atoms with Gasteiger partial charge in [-0.2, -0.15) is 0 Å². The Morgan fingerprint density at radius 1 is 1.55 bits per heavy atom. The Balaban J connectivity index is 2.02. The van der Waals surface area contributed by atoms with Crippen molar-refractivity contribution in [3.63, 3.8) is 0 Å². The van der Waals surface area contributed by atoms with Gasteiger partial charge in [-0.15, -0.1) is 11.8 Å². The van der Waals surface area contributed by atoms with E-state index in [9.17, 15) is 9.59 Å². The molecule has 2 atom stereocenters. The number of carboxylic acid groups (broad SMARTS) is 1. The smallest absolute Gasteiger partial charge is 0.327 e. The molecule has 0 spiro atoms. The van der Waals surface area contributed by atoms with E-state index in [1.807, 2.05) is 6.92 Å². The third kappa shape index (κ3) is 2.74. The van der Waals surface area contributed by atoms with Gasteiger partial charge in [0.1, 0.15) is 11.8 Å². The van der Waals surface area contributed by atoms with E-state index < -0.39 is 12.0 Å². The highest BCUT2D eigenvalue weighted by Crippen LogP contribution is 2.28. The number of aryl methyl sites for hydroxylation is 2. The summed E-state index contributed by atoms with van der Waals surface area (Å²) in [6, 6.07) is -1.16. The van der Waals surface area contributed by atoms with Crippen LogP contribution in [0.5, 0.6) is 0 Å². The van der Waals surface area contributed by atoms with Gasteiger partial charge in [0.15, 0.2) is 0 Å². The van der Waals surface area contributed by atoms with Crippen LogP contribution in [0, 0.1) is 13.8 Å². The van der Waals surface area contributed by atoms with Crippen molar-refractivity contribution in [2.24, 2.45) is 0 Å². The highest BCUT2D eigenvalue weighted by atomic mass is 32.2. The van der Waals surface area contributed by atoms with Gasteiger partial charge in [0, 0.05) is 17.9 Å². The number of urea groups is 1. The lowest BCUT2D eigenvalue weighted by Gasteiger charge is -2.25. The molecule has 8 heteroatoms. The highest BCUT2D eigenvalue weighted by Gasteiger charge is 2.39. The number of carbonyl (C=O) groups excluding carboxylic acids is 1. The van der Waals surface area contributed by atoms with Crippen LogP contribution in [0.4, 0.5) is 4.79 Å². The molecule has 0 aromatic carbocycles. The molecule has 1 fully saturated rings. The van der Waals surface area contributed by atoms with Crippen molar-refractivity contribution in [2.45, 2.75) is 38.7 Å². The average molecular weight is 299 g/mol. The molecule has 0 bridgehead atoms. The molecule has 110 valence electrons. The molecule has 1 aromatic heterocycles. The number of hydrogen-bond acceptors (Lipinski definition) is 5. The zero-order chi connectivity index (χ0) is 14.9. The Morgan fingerprint density at radius 3 is 2.80 bits per heavy atom. The maximum Gasteiger partial charge on any atom is 0.327 e. The number of carbonyl (C=O) groups is 2. The Hall–Kier alpha value is -1.70. The van der Waals surface area contributed by atoms with Crippen LogP contribution in [0.25, 0.3) is 0 Å². The molecule has 2 heterocycles. The minimum Gasteiger partial charge on any atom is -0.480 e. The first-order chi connectivity index (χ1) is 9.41. The molecular weight excluding hydrogens is 282 g/mol. The minimum absolute atomic E-state index is 0.152. The first kappa shape index (κ1) is 14.7. The molecule has 1 saturated heterocycles. The number of nitrogens with zero attached hydrogens (tertiary/aromatic N) is 2. The van der Waals surface area contributed by atoms with Crippen LogP contribution in [-0.2, 0) is 11.3 Å². The lowest BCUT2D eigenvalue weighted by Crippen LogP contribution is -2.49. The largest absolute Gasteiger partial charge is 0.480 e. The normalized spacial score (nSPS) is 22.1. The number of nitrogens with one attached hydrogen (secondary N) is 1. The van der Waals surface area contributed by atoms with Crippen LogP contribution in [0.3, 0.4) is 0 Å². The van der Waals surface area contributed by atoms with E-state index in [-0.39, 0.29) is 17.9 Å². The van der Waals surface area contributed by atoms with E-state index in [1.54, 1.807) is 13.8 Å². The fourth-order valence-electron chi connectivity index (χ4n) is 2.15. The number of carboxylic acids is 1. The van der Waals surface area contributed by atoms with Gasteiger partial charge >= 0.3 is 12.0 Å². The second-order valence-corrected chi connectivity index (χ2v) is 6.00. The van der Waals surface area contributed by atoms with E-state index in [0.717, 1.165) is 11.3 Å². The van der Waals surface area contributed by atoms with Crippen molar-refractivity contribution < 1.29 is 19.2 Å². The van der Waals surface area contributed by atoms with Crippen LogP contribution >= 0.6 is 11.8 Å². The Bertz CT molecular complexity index is 511. The maximum absolute atomic E-state index is 12.2. The summed E-state index contributed by atoms with van der Waals surface area (Å²) >= 11 is 1.45. The second kappa shape index (κ2) is 5.74. The summed E-state index contributed by atoms with van der Waals surface area (Å²) in [6.45, 7) is 5.67. The number of aromatic nitrogens is 1. The van der Waals surface area contributed by atoms with Crippen LogP contribution in [0.15, 0.2) is 4.52 Å². The summed E-state index contributed by atoms with van der Waals surface area (Å²) < 4.78 is 5.02. The predicted octanol–water partition coefficient (Wildman–Crippen LogP) is 1.35. The Morgan fingerprint density at radius 2 is 2.25 bits per heavy atom. The van der Waals surface area contributed by atoms with Gasteiger partial charge < -0.3 is 14.9 Å². The molecule has 1 aliphatic rings. The monoisotopic (exact) mass is 299 g/mol. The molecule has 1 aromatic rings. The summed E-state index contributed by atoms with van der Waals surface area (Å²) in [6.07, 6.45) is 0. The van der Waals surface area contributed by atoms with Gasteiger partial charge in [-0.1, -0.05) is 5.16 Å². The molecule has 20 heavy (non-hydrogen) atoms. The van der Waals surface area contributed by atoms with Gasteiger partial charge in [-0.3, -0.25) is 4.90 Å². The fraction of sp³-hybridized carbons (Fsp3) is 0.583. The summed E-state index contributed by atoms with van der Waals surface area (Å²) in [4.78, 5) is 24.7. The van der Waals surface area contributed by atoms with Crippen molar-refractivity contribution in [3.8, 4) is 0 Å². The van der Waals surface area contributed by atoms with Crippen molar-refractivity contribution in [1.82, 2.24) is 15.4 Å². The molecule has 2 N–H and O–H groups in total. The quantitative estimate of drug-likeness (QED) is 0.874. The van der Waals surface area contributed by atoms with E-state index >= 15 is 0 Å². The van der Waals surface area contributed by atoms with Gasteiger partial charge in [-0.05, 0) is 20.8 Å². The summed E-state index contributed by atoms with van der Waals surface area (Å²) in [5.41, 5.74) is 1.55. The van der Waals surface area contributed by atoms with Crippen molar-refractivity contribution in [2.75, 3.05) is 5.75 Å². The van der Waals surface area contributed by atoms with Crippen molar-refractivity contribution in [1.29, 1.82) is 0 Å². The van der Waals surface area contributed by atoms with Gasteiger partial charge in [0.05, 0.1) is 11.1 Å². The fourth-order valence-corrected chi connectivity index (χ4v) is 3.32. The van der Waals surface area contributed by atoms with Gasteiger partial charge in [0.25, 0.3) is 0 Å². The lowest BCUT2D eigenvalue weighted by atomic mass is 10.2. The van der Waals surface area contributed by atoms with E-state index in [0.29, 0.717) is 11.5 Å². The first-order valence-electron chi connectivity index (χ1n) is 6.24. The van der Waals surface area contributed by atoms with Crippen LogP contribution in [-0.4, -0.2) is 44.3 Å². The summed E-state index contributed by atoms with van der Waals surface area (Å²) in [5, 5.41) is 15.5. The highest BCUT2D eigenvalue weighted by molar-refractivity contribution is 8.00. The number of hydrogen-bond donors (Lipinski definition) is 2. The van der Waals surface area contributed by atoms with Crippen molar-refractivity contribution in [3.05, 3.63) is 17.0 Å².